The summed E-state index contributed by atoms with van der Waals surface area (Å²) in [6, 6.07) is 15.6. The van der Waals surface area contributed by atoms with Gasteiger partial charge in [0.05, 0.1) is 13.2 Å². The molecule has 1 heterocycles. The highest BCUT2D eigenvalue weighted by molar-refractivity contribution is 5.94. The minimum absolute atomic E-state index is 0.0548. The van der Waals surface area contributed by atoms with Crippen LogP contribution >= 0.6 is 0 Å². The molecule has 0 bridgehead atoms. The van der Waals surface area contributed by atoms with E-state index in [9.17, 15) is 4.79 Å². The standard InChI is InChI=1S/C20H23NO3/c1-15-7-9-17(10-8-15)20(22)21-11-12-23-18(13-21)14-24-19-6-4-3-5-16(19)2/h3-10,18H,11-14H2,1-2H3. The van der Waals surface area contributed by atoms with Crippen molar-refractivity contribution in [3.63, 3.8) is 0 Å². The highest BCUT2D eigenvalue weighted by Crippen LogP contribution is 2.18. The van der Waals surface area contributed by atoms with Crippen LogP contribution in [0.2, 0.25) is 0 Å². The van der Waals surface area contributed by atoms with Gasteiger partial charge < -0.3 is 14.4 Å². The Balaban J connectivity index is 1.59. The lowest BCUT2D eigenvalue weighted by atomic mass is 10.1. The second kappa shape index (κ2) is 7.49. The van der Waals surface area contributed by atoms with Crippen LogP contribution in [0.25, 0.3) is 0 Å². The van der Waals surface area contributed by atoms with Gasteiger partial charge in [0.15, 0.2) is 0 Å². The predicted molar refractivity (Wildman–Crippen MR) is 93.5 cm³/mol. The largest absolute Gasteiger partial charge is 0.491 e. The van der Waals surface area contributed by atoms with Crippen molar-refractivity contribution < 1.29 is 14.3 Å². The Morgan fingerprint density at radius 2 is 1.92 bits per heavy atom. The summed E-state index contributed by atoms with van der Waals surface area (Å²) in [5.74, 6) is 0.919. The zero-order valence-corrected chi connectivity index (χ0v) is 14.2. The molecule has 1 fully saturated rings. The van der Waals surface area contributed by atoms with Gasteiger partial charge in [-0.15, -0.1) is 0 Å². The normalized spacial score (nSPS) is 17.6. The van der Waals surface area contributed by atoms with E-state index in [1.807, 2.05) is 67.3 Å². The summed E-state index contributed by atoms with van der Waals surface area (Å²) >= 11 is 0. The fourth-order valence-electron chi connectivity index (χ4n) is 2.78. The van der Waals surface area contributed by atoms with Gasteiger partial charge in [-0.05, 0) is 37.6 Å². The van der Waals surface area contributed by atoms with Gasteiger partial charge in [-0.3, -0.25) is 4.79 Å². The molecule has 0 spiro atoms. The minimum Gasteiger partial charge on any atom is -0.491 e. The van der Waals surface area contributed by atoms with E-state index in [2.05, 4.69) is 0 Å². The quantitative estimate of drug-likeness (QED) is 0.866. The molecule has 4 heteroatoms. The second-order valence-corrected chi connectivity index (χ2v) is 6.19. The number of benzene rings is 2. The molecule has 1 amide bonds. The summed E-state index contributed by atoms with van der Waals surface area (Å²) in [5, 5.41) is 0. The molecule has 1 aliphatic heterocycles. The molecule has 0 saturated carbocycles. The maximum Gasteiger partial charge on any atom is 0.254 e. The van der Waals surface area contributed by atoms with Crippen LogP contribution in [0.4, 0.5) is 0 Å². The molecular weight excluding hydrogens is 302 g/mol. The smallest absolute Gasteiger partial charge is 0.254 e. The van der Waals surface area contributed by atoms with Crippen molar-refractivity contribution in [2.75, 3.05) is 26.3 Å². The summed E-state index contributed by atoms with van der Waals surface area (Å²) in [7, 11) is 0. The lowest BCUT2D eigenvalue weighted by Crippen LogP contribution is -2.47. The molecule has 1 atom stereocenters. The third-order valence-electron chi connectivity index (χ3n) is 4.24. The Bertz CT molecular complexity index is 696. The van der Waals surface area contributed by atoms with E-state index >= 15 is 0 Å². The number of aryl methyl sites for hydroxylation is 2. The van der Waals surface area contributed by atoms with E-state index in [0.717, 1.165) is 22.4 Å². The van der Waals surface area contributed by atoms with E-state index in [1.54, 1.807) is 0 Å². The van der Waals surface area contributed by atoms with Gasteiger partial charge in [0.25, 0.3) is 5.91 Å². The van der Waals surface area contributed by atoms with Gasteiger partial charge in [0, 0.05) is 12.1 Å². The average Bonchev–Trinajstić information content (AvgIpc) is 2.61. The molecule has 1 aliphatic rings. The van der Waals surface area contributed by atoms with E-state index in [1.165, 1.54) is 0 Å². The van der Waals surface area contributed by atoms with Crippen LogP contribution in [0.1, 0.15) is 21.5 Å². The third-order valence-corrected chi connectivity index (χ3v) is 4.24. The predicted octanol–water partition coefficient (Wildman–Crippen LogP) is 3.22. The topological polar surface area (TPSA) is 38.8 Å². The molecule has 4 nitrogen and oxygen atoms in total. The highest BCUT2D eigenvalue weighted by atomic mass is 16.5. The van der Waals surface area contributed by atoms with E-state index in [0.29, 0.717) is 26.3 Å². The van der Waals surface area contributed by atoms with Crippen molar-refractivity contribution in [1.82, 2.24) is 4.90 Å². The fraction of sp³-hybridized carbons (Fsp3) is 0.350. The Morgan fingerprint density at radius 3 is 2.67 bits per heavy atom. The van der Waals surface area contributed by atoms with Crippen LogP contribution in [0.15, 0.2) is 48.5 Å². The number of hydrogen-bond acceptors (Lipinski definition) is 3. The molecule has 1 unspecified atom stereocenters. The van der Waals surface area contributed by atoms with Crippen LogP contribution in [-0.2, 0) is 4.74 Å². The second-order valence-electron chi connectivity index (χ2n) is 6.19. The Morgan fingerprint density at radius 1 is 1.17 bits per heavy atom. The molecule has 24 heavy (non-hydrogen) atoms. The van der Waals surface area contributed by atoms with Gasteiger partial charge in [0.2, 0.25) is 0 Å². The molecule has 0 radical (unpaired) electrons. The van der Waals surface area contributed by atoms with Crippen LogP contribution in [0, 0.1) is 13.8 Å². The average molecular weight is 325 g/mol. The van der Waals surface area contributed by atoms with E-state index in [4.69, 9.17) is 9.47 Å². The van der Waals surface area contributed by atoms with Crippen LogP contribution in [-0.4, -0.2) is 43.2 Å². The van der Waals surface area contributed by atoms with Gasteiger partial charge in [-0.2, -0.15) is 0 Å². The van der Waals surface area contributed by atoms with Crippen molar-refractivity contribution in [2.24, 2.45) is 0 Å². The first-order valence-corrected chi connectivity index (χ1v) is 8.29. The number of morpholine rings is 1. The number of rotatable bonds is 4. The Labute approximate surface area is 143 Å². The highest BCUT2D eigenvalue weighted by Gasteiger charge is 2.25. The number of carbonyl (C=O) groups excluding carboxylic acids is 1. The molecule has 0 N–H and O–H groups in total. The summed E-state index contributed by atoms with van der Waals surface area (Å²) in [5.41, 5.74) is 2.97. The van der Waals surface area contributed by atoms with Crippen molar-refractivity contribution in [3.05, 3.63) is 65.2 Å². The molecule has 0 aromatic heterocycles. The number of hydrogen-bond donors (Lipinski definition) is 0. The summed E-state index contributed by atoms with van der Waals surface area (Å²) in [4.78, 5) is 14.5. The third kappa shape index (κ3) is 3.95. The van der Waals surface area contributed by atoms with Crippen molar-refractivity contribution >= 4 is 5.91 Å². The van der Waals surface area contributed by atoms with Gasteiger partial charge in [-0.25, -0.2) is 0 Å². The molecule has 2 aromatic rings. The van der Waals surface area contributed by atoms with Gasteiger partial charge in [-0.1, -0.05) is 35.9 Å². The van der Waals surface area contributed by atoms with E-state index in [-0.39, 0.29) is 12.0 Å². The lowest BCUT2D eigenvalue weighted by molar-refractivity contribution is -0.0402. The molecule has 126 valence electrons. The fourth-order valence-corrected chi connectivity index (χ4v) is 2.78. The minimum atomic E-state index is -0.104. The van der Waals surface area contributed by atoms with Crippen LogP contribution < -0.4 is 4.74 Å². The zero-order valence-electron chi connectivity index (χ0n) is 14.2. The monoisotopic (exact) mass is 325 g/mol. The molecule has 3 rings (SSSR count). The van der Waals surface area contributed by atoms with Crippen molar-refractivity contribution in [1.29, 1.82) is 0 Å². The summed E-state index contributed by atoms with van der Waals surface area (Å²) < 4.78 is 11.6. The van der Waals surface area contributed by atoms with Gasteiger partial charge in [0.1, 0.15) is 18.5 Å². The van der Waals surface area contributed by atoms with E-state index < -0.39 is 0 Å². The Hall–Kier alpha value is -2.33. The Kier molecular flexibility index (Phi) is 5.16. The summed E-state index contributed by atoms with van der Waals surface area (Å²) in [6.45, 7) is 6.19. The number of carbonyl (C=O) groups is 1. The number of nitrogens with zero attached hydrogens (tertiary/aromatic N) is 1. The van der Waals surface area contributed by atoms with Crippen LogP contribution in [0.3, 0.4) is 0 Å². The first kappa shape index (κ1) is 16.5. The number of ether oxygens (including phenoxy) is 2. The maximum absolute atomic E-state index is 12.6. The molecular formula is C20H23NO3. The molecule has 0 aliphatic carbocycles. The number of para-hydroxylation sites is 1. The van der Waals surface area contributed by atoms with Crippen LogP contribution in [0.5, 0.6) is 5.75 Å². The SMILES string of the molecule is Cc1ccc(C(=O)N2CCOC(COc3ccccc3C)C2)cc1. The molecule has 2 aromatic carbocycles. The zero-order chi connectivity index (χ0) is 16.9. The molecule has 1 saturated heterocycles. The lowest BCUT2D eigenvalue weighted by Gasteiger charge is -2.33. The first-order valence-electron chi connectivity index (χ1n) is 8.29. The van der Waals surface area contributed by atoms with Crippen molar-refractivity contribution in [2.45, 2.75) is 20.0 Å². The first-order chi connectivity index (χ1) is 11.6. The summed E-state index contributed by atoms with van der Waals surface area (Å²) in [6.07, 6.45) is -0.104. The van der Waals surface area contributed by atoms with Gasteiger partial charge >= 0.3 is 0 Å². The maximum atomic E-state index is 12.6. The van der Waals surface area contributed by atoms with Crippen molar-refractivity contribution in [3.8, 4) is 5.75 Å². The number of amides is 1.